The minimum absolute atomic E-state index is 0.693. The highest BCUT2D eigenvalue weighted by molar-refractivity contribution is 5.56. The molecule has 0 radical (unpaired) electrons. The van der Waals surface area contributed by atoms with Crippen LogP contribution in [0.15, 0.2) is 18.6 Å². The molecule has 1 heterocycles. The van der Waals surface area contributed by atoms with E-state index in [-0.39, 0.29) is 0 Å². The van der Waals surface area contributed by atoms with Gasteiger partial charge in [0.2, 0.25) is 0 Å². The van der Waals surface area contributed by atoms with Gasteiger partial charge in [-0.15, -0.1) is 0 Å². The molecule has 0 aliphatic carbocycles. The summed E-state index contributed by atoms with van der Waals surface area (Å²) in [6, 6.07) is 0. The van der Waals surface area contributed by atoms with Crippen molar-refractivity contribution in [1.82, 2.24) is 9.97 Å². The lowest BCUT2D eigenvalue weighted by Crippen LogP contribution is -1.93. The Labute approximate surface area is 66.0 Å². The molecule has 0 aliphatic heterocycles. The minimum Gasteiger partial charge on any atom is -0.404 e. The van der Waals surface area contributed by atoms with Crippen LogP contribution < -0.4 is 5.73 Å². The van der Waals surface area contributed by atoms with Crippen LogP contribution in [0.4, 0.5) is 0 Å². The van der Waals surface area contributed by atoms with E-state index in [1.54, 1.807) is 12.4 Å². The van der Waals surface area contributed by atoms with Crippen LogP contribution in [0.25, 0.3) is 5.57 Å². The molecule has 0 atom stereocenters. The van der Waals surface area contributed by atoms with Gasteiger partial charge in [0.25, 0.3) is 0 Å². The number of nitrogens with two attached hydrogens (primary N) is 1. The van der Waals surface area contributed by atoms with Gasteiger partial charge in [0, 0.05) is 24.2 Å². The monoisotopic (exact) mass is 149 g/mol. The molecule has 1 aromatic heterocycles. The first-order chi connectivity index (χ1) is 5.24. The number of hydrogen-bond acceptors (Lipinski definition) is 3. The van der Waals surface area contributed by atoms with Gasteiger partial charge in [-0.1, -0.05) is 0 Å². The van der Waals surface area contributed by atoms with E-state index >= 15 is 0 Å². The molecule has 0 bridgehead atoms. The minimum atomic E-state index is 0.693. The van der Waals surface area contributed by atoms with Gasteiger partial charge < -0.3 is 5.73 Å². The van der Waals surface area contributed by atoms with Gasteiger partial charge in [0.1, 0.15) is 0 Å². The summed E-state index contributed by atoms with van der Waals surface area (Å²) >= 11 is 0. The maximum atomic E-state index is 5.30. The molecule has 0 saturated carbocycles. The fourth-order valence-corrected chi connectivity index (χ4v) is 0.671. The summed E-state index contributed by atoms with van der Waals surface area (Å²) in [7, 11) is 0. The molecule has 0 amide bonds. The van der Waals surface area contributed by atoms with E-state index in [0.717, 1.165) is 11.1 Å². The number of rotatable bonds is 1. The molecule has 0 aromatic carbocycles. The number of nitrogens with zero attached hydrogens (tertiary/aromatic N) is 2. The highest BCUT2D eigenvalue weighted by Crippen LogP contribution is 2.04. The summed E-state index contributed by atoms with van der Waals surface area (Å²) in [4.78, 5) is 8.18. The van der Waals surface area contributed by atoms with Gasteiger partial charge in [0.15, 0.2) is 5.82 Å². The Bertz CT molecular complexity index is 261. The topological polar surface area (TPSA) is 51.8 Å². The van der Waals surface area contributed by atoms with Crippen molar-refractivity contribution < 1.29 is 0 Å². The third-order valence-electron chi connectivity index (χ3n) is 1.38. The second kappa shape index (κ2) is 3.14. The Morgan fingerprint density at radius 3 is 2.45 bits per heavy atom. The molecule has 11 heavy (non-hydrogen) atoms. The first kappa shape index (κ1) is 7.72. The molecule has 3 heteroatoms. The SMILES string of the molecule is C/C(=C/N)c1ncc(C)cn1. The van der Waals surface area contributed by atoms with Crippen LogP contribution in [0.2, 0.25) is 0 Å². The predicted octanol–water partition coefficient (Wildman–Crippen LogP) is 1.10. The molecule has 0 fully saturated rings. The highest BCUT2D eigenvalue weighted by Gasteiger charge is 1.95. The molecule has 0 unspecified atom stereocenters. The van der Waals surface area contributed by atoms with Crippen molar-refractivity contribution in [3.05, 3.63) is 30.0 Å². The van der Waals surface area contributed by atoms with E-state index in [4.69, 9.17) is 5.73 Å². The molecule has 0 saturated heterocycles. The fraction of sp³-hybridized carbons (Fsp3) is 0.250. The Hall–Kier alpha value is -1.38. The zero-order valence-corrected chi connectivity index (χ0v) is 6.70. The number of aryl methyl sites for hydroxylation is 1. The zero-order valence-electron chi connectivity index (χ0n) is 6.70. The van der Waals surface area contributed by atoms with Gasteiger partial charge in [0.05, 0.1) is 0 Å². The summed E-state index contributed by atoms with van der Waals surface area (Å²) in [5.41, 5.74) is 7.25. The lowest BCUT2D eigenvalue weighted by Gasteiger charge is -1.97. The molecular weight excluding hydrogens is 138 g/mol. The second-order valence-corrected chi connectivity index (χ2v) is 2.43. The second-order valence-electron chi connectivity index (χ2n) is 2.43. The van der Waals surface area contributed by atoms with Crippen LogP contribution in [0, 0.1) is 6.92 Å². The van der Waals surface area contributed by atoms with Gasteiger partial charge in [-0.2, -0.15) is 0 Å². The molecule has 3 nitrogen and oxygen atoms in total. The Kier molecular flexibility index (Phi) is 2.21. The van der Waals surface area contributed by atoms with Crippen molar-refractivity contribution in [2.45, 2.75) is 13.8 Å². The maximum absolute atomic E-state index is 5.30. The van der Waals surface area contributed by atoms with E-state index in [9.17, 15) is 0 Å². The fourth-order valence-electron chi connectivity index (χ4n) is 0.671. The van der Waals surface area contributed by atoms with Crippen LogP contribution in [0.5, 0.6) is 0 Å². The van der Waals surface area contributed by atoms with Crippen LogP contribution in [0.1, 0.15) is 18.3 Å². The first-order valence-electron chi connectivity index (χ1n) is 3.41. The Balaban J connectivity index is 2.99. The van der Waals surface area contributed by atoms with E-state index in [1.807, 2.05) is 13.8 Å². The molecule has 1 aromatic rings. The Morgan fingerprint density at radius 1 is 1.45 bits per heavy atom. The van der Waals surface area contributed by atoms with Crippen molar-refractivity contribution in [2.24, 2.45) is 5.73 Å². The van der Waals surface area contributed by atoms with Gasteiger partial charge in [-0.25, -0.2) is 9.97 Å². The van der Waals surface area contributed by atoms with Gasteiger partial charge >= 0.3 is 0 Å². The molecule has 58 valence electrons. The summed E-state index contributed by atoms with van der Waals surface area (Å²) in [6.07, 6.45) is 5.05. The van der Waals surface area contributed by atoms with E-state index in [0.29, 0.717) is 5.82 Å². The van der Waals surface area contributed by atoms with E-state index in [1.165, 1.54) is 6.20 Å². The normalized spacial score (nSPS) is 11.6. The lowest BCUT2D eigenvalue weighted by atomic mass is 10.3. The van der Waals surface area contributed by atoms with Crippen LogP contribution >= 0.6 is 0 Å². The van der Waals surface area contributed by atoms with Crippen molar-refractivity contribution >= 4 is 5.57 Å². The molecule has 0 aliphatic rings. The van der Waals surface area contributed by atoms with Crippen molar-refractivity contribution in [1.29, 1.82) is 0 Å². The zero-order chi connectivity index (χ0) is 8.27. The molecule has 1 rings (SSSR count). The smallest absolute Gasteiger partial charge is 0.156 e. The standard InChI is InChI=1S/C8H11N3/c1-6-4-10-8(11-5-6)7(2)3-9/h3-5H,9H2,1-2H3/b7-3-. The molecular formula is C8H11N3. The highest BCUT2D eigenvalue weighted by atomic mass is 14.9. The predicted molar refractivity (Wildman–Crippen MR) is 44.6 cm³/mol. The van der Waals surface area contributed by atoms with Crippen LogP contribution in [-0.4, -0.2) is 9.97 Å². The van der Waals surface area contributed by atoms with E-state index in [2.05, 4.69) is 9.97 Å². The average Bonchev–Trinajstić information content (AvgIpc) is 2.05. The van der Waals surface area contributed by atoms with Crippen molar-refractivity contribution in [3.63, 3.8) is 0 Å². The number of hydrogen-bond donors (Lipinski definition) is 1. The Morgan fingerprint density at radius 2 is 2.00 bits per heavy atom. The van der Waals surface area contributed by atoms with Gasteiger partial charge in [-0.3, -0.25) is 0 Å². The summed E-state index contributed by atoms with van der Waals surface area (Å²) in [5, 5.41) is 0. The maximum Gasteiger partial charge on any atom is 0.156 e. The summed E-state index contributed by atoms with van der Waals surface area (Å²) in [6.45, 7) is 3.83. The van der Waals surface area contributed by atoms with E-state index < -0.39 is 0 Å². The van der Waals surface area contributed by atoms with Crippen molar-refractivity contribution in [2.75, 3.05) is 0 Å². The summed E-state index contributed by atoms with van der Waals surface area (Å²) in [5.74, 6) is 0.693. The van der Waals surface area contributed by atoms with Gasteiger partial charge in [-0.05, 0) is 19.4 Å². The third kappa shape index (κ3) is 1.77. The largest absolute Gasteiger partial charge is 0.404 e. The van der Waals surface area contributed by atoms with Crippen LogP contribution in [0.3, 0.4) is 0 Å². The quantitative estimate of drug-likeness (QED) is 0.650. The summed E-state index contributed by atoms with van der Waals surface area (Å²) < 4.78 is 0. The number of allylic oxidation sites excluding steroid dienone is 1. The first-order valence-corrected chi connectivity index (χ1v) is 3.41. The van der Waals surface area contributed by atoms with Crippen LogP contribution in [-0.2, 0) is 0 Å². The lowest BCUT2D eigenvalue weighted by molar-refractivity contribution is 1.08. The van der Waals surface area contributed by atoms with Crippen molar-refractivity contribution in [3.8, 4) is 0 Å². The average molecular weight is 149 g/mol. The molecule has 0 spiro atoms. The third-order valence-corrected chi connectivity index (χ3v) is 1.38. The molecule has 2 N–H and O–H groups in total. The number of aromatic nitrogens is 2.